The number of nitrogens with one attached hydrogen (secondary N) is 1. The number of methoxy groups -OCH3 is 2. The minimum atomic E-state index is -0.552. The summed E-state index contributed by atoms with van der Waals surface area (Å²) in [6.45, 7) is 4.21. The second kappa shape index (κ2) is 10.3. The second-order valence-electron chi connectivity index (χ2n) is 7.75. The number of piperazine rings is 1. The van der Waals surface area contributed by atoms with E-state index >= 15 is 0 Å². The Morgan fingerprint density at radius 3 is 2.45 bits per heavy atom. The average molecular weight is 451 g/mol. The third-order valence-corrected chi connectivity index (χ3v) is 5.70. The fourth-order valence-electron chi connectivity index (χ4n) is 3.95. The maximum absolute atomic E-state index is 13.8. The van der Waals surface area contributed by atoms with Crippen molar-refractivity contribution in [2.24, 2.45) is 0 Å². The molecular weight excluding hydrogens is 423 g/mol. The summed E-state index contributed by atoms with van der Waals surface area (Å²) in [5, 5.41) is 2.69. The minimum absolute atomic E-state index is 0.00497. The van der Waals surface area contributed by atoms with Gasteiger partial charge >= 0.3 is 0 Å². The monoisotopic (exact) mass is 450 g/mol. The molecular formula is C25H27FN4O3. The smallest absolute Gasteiger partial charge is 0.258 e. The van der Waals surface area contributed by atoms with Crippen LogP contribution in [0.5, 0.6) is 11.5 Å². The van der Waals surface area contributed by atoms with E-state index in [4.69, 9.17) is 9.47 Å². The van der Waals surface area contributed by atoms with E-state index in [1.807, 2.05) is 18.2 Å². The van der Waals surface area contributed by atoms with Crippen molar-refractivity contribution >= 4 is 17.4 Å². The first-order valence-corrected chi connectivity index (χ1v) is 10.8. The number of nitrogens with zero attached hydrogens (tertiary/aromatic N) is 3. The molecule has 0 bridgehead atoms. The van der Waals surface area contributed by atoms with Crippen molar-refractivity contribution in [2.45, 2.75) is 6.54 Å². The number of hydrogen-bond acceptors (Lipinski definition) is 6. The predicted octanol–water partition coefficient (Wildman–Crippen LogP) is 3.81. The van der Waals surface area contributed by atoms with E-state index in [1.54, 1.807) is 38.6 Å². The van der Waals surface area contributed by atoms with Gasteiger partial charge in [0, 0.05) is 38.3 Å². The summed E-state index contributed by atoms with van der Waals surface area (Å²) in [5.74, 6) is 1.31. The average Bonchev–Trinajstić information content (AvgIpc) is 2.85. The molecule has 0 spiro atoms. The molecule has 0 radical (unpaired) electrons. The lowest BCUT2D eigenvalue weighted by Crippen LogP contribution is -2.46. The van der Waals surface area contributed by atoms with Gasteiger partial charge in [-0.3, -0.25) is 9.69 Å². The number of halogens is 1. The molecule has 4 rings (SSSR count). The first-order valence-electron chi connectivity index (χ1n) is 10.8. The molecule has 2 aromatic carbocycles. The molecule has 2 heterocycles. The van der Waals surface area contributed by atoms with E-state index < -0.39 is 11.7 Å². The summed E-state index contributed by atoms with van der Waals surface area (Å²) in [5.41, 5.74) is 1.62. The maximum Gasteiger partial charge on any atom is 0.258 e. The third-order valence-electron chi connectivity index (χ3n) is 5.70. The Morgan fingerprint density at radius 2 is 1.79 bits per heavy atom. The fourth-order valence-corrected chi connectivity index (χ4v) is 3.95. The zero-order valence-electron chi connectivity index (χ0n) is 18.8. The van der Waals surface area contributed by atoms with Crippen LogP contribution in [0.2, 0.25) is 0 Å². The topological polar surface area (TPSA) is 66.9 Å². The highest BCUT2D eigenvalue weighted by Crippen LogP contribution is 2.31. The molecule has 0 saturated carbocycles. The van der Waals surface area contributed by atoms with Gasteiger partial charge in [0.15, 0.2) is 11.5 Å². The summed E-state index contributed by atoms with van der Waals surface area (Å²) in [4.78, 5) is 21.4. The molecule has 1 N–H and O–H groups in total. The molecule has 0 atom stereocenters. The summed E-state index contributed by atoms with van der Waals surface area (Å²) in [6.07, 6.45) is 1.60. The molecule has 1 amide bonds. The van der Waals surface area contributed by atoms with Crippen LogP contribution in [0.15, 0.2) is 60.8 Å². The van der Waals surface area contributed by atoms with Gasteiger partial charge in [-0.2, -0.15) is 0 Å². The molecule has 33 heavy (non-hydrogen) atoms. The SMILES string of the molecule is COc1cccc(CN2CCN(c3ccc(NC(=O)c4ccccc4F)cn3)CC2)c1OC. The van der Waals surface area contributed by atoms with Gasteiger partial charge in [-0.25, -0.2) is 9.37 Å². The van der Waals surface area contributed by atoms with Gasteiger partial charge in [-0.1, -0.05) is 24.3 Å². The molecule has 8 heteroatoms. The van der Waals surface area contributed by atoms with Gasteiger partial charge in [0.2, 0.25) is 0 Å². The number of benzene rings is 2. The molecule has 1 saturated heterocycles. The molecule has 1 fully saturated rings. The van der Waals surface area contributed by atoms with Gasteiger partial charge in [0.05, 0.1) is 31.7 Å². The van der Waals surface area contributed by atoms with E-state index in [1.165, 1.54) is 12.1 Å². The quantitative estimate of drug-likeness (QED) is 0.591. The van der Waals surface area contributed by atoms with Crippen molar-refractivity contribution in [1.29, 1.82) is 0 Å². The van der Waals surface area contributed by atoms with Crippen molar-refractivity contribution < 1.29 is 18.7 Å². The van der Waals surface area contributed by atoms with Crippen LogP contribution in [0.4, 0.5) is 15.9 Å². The van der Waals surface area contributed by atoms with Crippen molar-refractivity contribution in [1.82, 2.24) is 9.88 Å². The number of carbonyl (C=O) groups excluding carboxylic acids is 1. The van der Waals surface area contributed by atoms with Crippen LogP contribution in [-0.4, -0.2) is 56.2 Å². The maximum atomic E-state index is 13.8. The van der Waals surface area contributed by atoms with Crippen LogP contribution in [0.1, 0.15) is 15.9 Å². The Bertz CT molecular complexity index is 1100. The third kappa shape index (κ3) is 5.23. The Hall–Kier alpha value is -3.65. The number of ether oxygens (including phenoxy) is 2. The van der Waals surface area contributed by atoms with Crippen molar-refractivity contribution in [2.75, 3.05) is 50.6 Å². The lowest BCUT2D eigenvalue weighted by atomic mass is 10.1. The summed E-state index contributed by atoms with van der Waals surface area (Å²) >= 11 is 0. The highest BCUT2D eigenvalue weighted by Gasteiger charge is 2.20. The Morgan fingerprint density at radius 1 is 1.00 bits per heavy atom. The van der Waals surface area contributed by atoms with Gasteiger partial charge in [0.25, 0.3) is 5.91 Å². The van der Waals surface area contributed by atoms with E-state index in [0.717, 1.165) is 55.6 Å². The number of rotatable bonds is 7. The first-order chi connectivity index (χ1) is 16.1. The Labute approximate surface area is 192 Å². The summed E-state index contributed by atoms with van der Waals surface area (Å²) in [6, 6.07) is 15.5. The van der Waals surface area contributed by atoms with E-state index in [0.29, 0.717) is 5.69 Å². The van der Waals surface area contributed by atoms with Gasteiger partial charge in [-0.05, 0) is 30.3 Å². The normalized spacial score (nSPS) is 14.1. The van der Waals surface area contributed by atoms with Crippen molar-refractivity contribution in [3.05, 3.63) is 77.7 Å². The Kier molecular flexibility index (Phi) is 7.04. The van der Waals surface area contributed by atoms with E-state index in [-0.39, 0.29) is 5.56 Å². The van der Waals surface area contributed by atoms with Crippen LogP contribution < -0.4 is 19.7 Å². The second-order valence-corrected chi connectivity index (χ2v) is 7.75. The van der Waals surface area contributed by atoms with E-state index in [2.05, 4.69) is 26.2 Å². The number of anilines is 2. The molecule has 0 unspecified atom stereocenters. The molecule has 1 aliphatic rings. The van der Waals surface area contributed by atoms with Crippen LogP contribution >= 0.6 is 0 Å². The highest BCUT2D eigenvalue weighted by atomic mass is 19.1. The molecule has 0 aliphatic carbocycles. The number of aromatic nitrogens is 1. The standard InChI is InChI=1S/C25H27FN4O3/c1-32-22-9-5-6-18(24(22)33-2)17-29-12-14-30(15-13-29)23-11-10-19(16-27-23)28-25(31)20-7-3-4-8-21(20)26/h3-11,16H,12-15,17H2,1-2H3,(H,28,31). The van der Waals surface area contributed by atoms with Crippen LogP contribution in [-0.2, 0) is 6.54 Å². The summed E-state index contributed by atoms with van der Waals surface area (Å²) in [7, 11) is 3.30. The molecule has 3 aromatic rings. The lowest BCUT2D eigenvalue weighted by molar-refractivity contribution is 0.102. The van der Waals surface area contributed by atoms with Crippen molar-refractivity contribution in [3.8, 4) is 11.5 Å². The lowest BCUT2D eigenvalue weighted by Gasteiger charge is -2.35. The van der Waals surface area contributed by atoms with Gasteiger partial charge < -0.3 is 19.7 Å². The Balaban J connectivity index is 1.33. The molecule has 1 aromatic heterocycles. The number of carbonyl (C=O) groups is 1. The molecule has 7 nitrogen and oxygen atoms in total. The van der Waals surface area contributed by atoms with Gasteiger partial charge in [-0.15, -0.1) is 0 Å². The number of pyridine rings is 1. The predicted molar refractivity (Wildman–Crippen MR) is 126 cm³/mol. The highest BCUT2D eigenvalue weighted by molar-refractivity contribution is 6.04. The number of hydrogen-bond donors (Lipinski definition) is 1. The number of amides is 1. The number of para-hydroxylation sites is 1. The zero-order chi connectivity index (χ0) is 23.2. The summed E-state index contributed by atoms with van der Waals surface area (Å²) < 4.78 is 24.7. The van der Waals surface area contributed by atoms with Crippen LogP contribution in [0, 0.1) is 5.82 Å². The molecule has 1 aliphatic heterocycles. The first kappa shape index (κ1) is 22.5. The van der Waals surface area contributed by atoms with E-state index in [9.17, 15) is 9.18 Å². The minimum Gasteiger partial charge on any atom is -0.493 e. The van der Waals surface area contributed by atoms with Crippen LogP contribution in [0.25, 0.3) is 0 Å². The fraction of sp³-hybridized carbons (Fsp3) is 0.280. The van der Waals surface area contributed by atoms with Gasteiger partial charge in [0.1, 0.15) is 11.6 Å². The van der Waals surface area contributed by atoms with Crippen molar-refractivity contribution in [3.63, 3.8) is 0 Å². The molecule has 172 valence electrons. The van der Waals surface area contributed by atoms with Crippen LogP contribution in [0.3, 0.4) is 0 Å². The zero-order valence-corrected chi connectivity index (χ0v) is 18.8. The largest absolute Gasteiger partial charge is 0.493 e.